The molecule has 1 N–H and O–H groups in total. The van der Waals surface area contributed by atoms with Crippen molar-refractivity contribution in [2.45, 2.75) is 6.42 Å². The van der Waals surface area contributed by atoms with Gasteiger partial charge in [0, 0.05) is 18.5 Å². The molecule has 2 rings (SSSR count). The van der Waals surface area contributed by atoms with E-state index in [-0.39, 0.29) is 11.5 Å². The van der Waals surface area contributed by atoms with Crippen LogP contribution in [-0.4, -0.2) is 23.2 Å². The van der Waals surface area contributed by atoms with Crippen molar-refractivity contribution in [3.8, 4) is 0 Å². The van der Waals surface area contributed by atoms with E-state index >= 15 is 0 Å². The largest absolute Gasteiger partial charge is 0.411 e. The molecule has 1 aliphatic rings. The van der Waals surface area contributed by atoms with Gasteiger partial charge in [-0.2, -0.15) is 0 Å². The van der Waals surface area contributed by atoms with E-state index in [0.29, 0.717) is 18.5 Å². The fourth-order valence-corrected chi connectivity index (χ4v) is 1.98. The third kappa shape index (κ3) is 1.73. The van der Waals surface area contributed by atoms with Crippen LogP contribution >= 0.6 is 9.39 Å². The summed E-state index contributed by atoms with van der Waals surface area (Å²) in [7, 11) is 2.56. The van der Waals surface area contributed by atoms with E-state index in [1.54, 1.807) is 12.1 Å². The number of carbonyl (C=O) groups is 1. The molecule has 1 aliphatic heterocycles. The Morgan fingerprint density at radius 1 is 1.40 bits per heavy atom. The van der Waals surface area contributed by atoms with Crippen molar-refractivity contribution in [1.29, 1.82) is 0 Å². The summed E-state index contributed by atoms with van der Waals surface area (Å²) in [6.45, 7) is 0.646. The number of hydrogen-bond donors (Lipinski definition) is 1. The number of oxime groups is 1. The summed E-state index contributed by atoms with van der Waals surface area (Å²) in [5, 5.41) is 11.8. The van der Waals surface area contributed by atoms with Gasteiger partial charge in [0.15, 0.2) is 0 Å². The Morgan fingerprint density at radius 2 is 2.13 bits per heavy atom. The maximum atomic E-state index is 11.9. The number of ketones is 1. The van der Waals surface area contributed by atoms with Crippen LogP contribution in [0.25, 0.3) is 0 Å². The van der Waals surface area contributed by atoms with Crippen LogP contribution in [0.4, 0.5) is 5.69 Å². The lowest BCUT2D eigenvalue weighted by Crippen LogP contribution is -2.14. The van der Waals surface area contributed by atoms with Gasteiger partial charge in [0.05, 0.1) is 5.69 Å². The summed E-state index contributed by atoms with van der Waals surface area (Å²) >= 11 is 0. The number of para-hydroxylation sites is 1. The molecule has 1 heterocycles. The number of anilines is 1. The number of rotatable bonds is 0. The number of nitrogens with zero attached hydrogens (tertiary/aromatic N) is 2. The van der Waals surface area contributed by atoms with Crippen molar-refractivity contribution < 1.29 is 10.0 Å². The standard InChI is InChI=1S/C10H11N2O2P/c13-10-7-3-1-2-4-9(7)12(15)6-5-8(10)11-14/h1-4,14H,5-6,15H2/b11-8-. The van der Waals surface area contributed by atoms with E-state index in [9.17, 15) is 4.79 Å². The average Bonchev–Trinajstić information content (AvgIpc) is 2.39. The second kappa shape index (κ2) is 3.99. The smallest absolute Gasteiger partial charge is 0.212 e. The second-order valence-electron chi connectivity index (χ2n) is 3.34. The Morgan fingerprint density at radius 3 is 2.87 bits per heavy atom. The number of benzene rings is 1. The Hall–Kier alpha value is -1.41. The van der Waals surface area contributed by atoms with Crippen LogP contribution in [0, 0.1) is 0 Å². The predicted molar refractivity (Wildman–Crippen MR) is 61.7 cm³/mol. The molecule has 4 nitrogen and oxygen atoms in total. The van der Waals surface area contributed by atoms with E-state index in [1.807, 2.05) is 16.8 Å². The van der Waals surface area contributed by atoms with Crippen LogP contribution in [0.2, 0.25) is 0 Å². The highest BCUT2D eigenvalue weighted by Gasteiger charge is 2.23. The van der Waals surface area contributed by atoms with Crippen molar-refractivity contribution in [3.63, 3.8) is 0 Å². The topological polar surface area (TPSA) is 52.9 Å². The highest BCUT2D eigenvalue weighted by atomic mass is 31.0. The molecule has 0 radical (unpaired) electrons. The summed E-state index contributed by atoms with van der Waals surface area (Å²) in [4.78, 5) is 11.9. The van der Waals surface area contributed by atoms with Gasteiger partial charge in [-0.3, -0.25) is 4.79 Å². The lowest BCUT2D eigenvalue weighted by Gasteiger charge is -2.17. The molecule has 0 fully saturated rings. The molecule has 0 aliphatic carbocycles. The third-order valence-corrected chi connectivity index (χ3v) is 2.97. The molecule has 0 amide bonds. The fourth-order valence-electron chi connectivity index (χ4n) is 1.63. The number of fused-ring (bicyclic) bond motifs is 1. The van der Waals surface area contributed by atoms with E-state index in [4.69, 9.17) is 5.21 Å². The quantitative estimate of drug-likeness (QED) is 0.413. The molecule has 0 bridgehead atoms. The van der Waals surface area contributed by atoms with Gasteiger partial charge in [0.1, 0.15) is 5.71 Å². The van der Waals surface area contributed by atoms with Gasteiger partial charge in [-0.15, -0.1) is 0 Å². The molecular weight excluding hydrogens is 211 g/mol. The lowest BCUT2D eigenvalue weighted by molar-refractivity contribution is 0.106. The Labute approximate surface area is 89.8 Å². The summed E-state index contributed by atoms with van der Waals surface area (Å²) in [5.41, 5.74) is 1.65. The predicted octanol–water partition coefficient (Wildman–Crippen LogP) is 1.70. The first-order valence-corrected chi connectivity index (χ1v) is 5.12. The number of hydrogen-bond acceptors (Lipinski definition) is 4. The van der Waals surface area contributed by atoms with E-state index < -0.39 is 0 Å². The van der Waals surface area contributed by atoms with E-state index in [1.165, 1.54) is 0 Å². The van der Waals surface area contributed by atoms with Crippen LogP contribution in [0.5, 0.6) is 0 Å². The van der Waals surface area contributed by atoms with Crippen molar-refractivity contribution in [3.05, 3.63) is 29.8 Å². The van der Waals surface area contributed by atoms with Crippen LogP contribution in [-0.2, 0) is 0 Å². The second-order valence-corrected chi connectivity index (χ2v) is 3.96. The molecule has 78 valence electrons. The van der Waals surface area contributed by atoms with Crippen molar-refractivity contribution >= 4 is 26.6 Å². The maximum absolute atomic E-state index is 11.9. The number of carbonyl (C=O) groups excluding carboxylic acids is 1. The molecule has 0 spiro atoms. The summed E-state index contributed by atoms with van der Waals surface area (Å²) < 4.78 is 1.91. The van der Waals surface area contributed by atoms with Gasteiger partial charge in [-0.25, -0.2) is 0 Å². The van der Waals surface area contributed by atoms with Gasteiger partial charge < -0.3 is 9.88 Å². The minimum atomic E-state index is -0.196. The zero-order valence-electron chi connectivity index (χ0n) is 8.05. The Bertz CT molecular complexity index is 431. The zero-order valence-corrected chi connectivity index (χ0v) is 9.21. The van der Waals surface area contributed by atoms with Crippen LogP contribution in [0.3, 0.4) is 0 Å². The van der Waals surface area contributed by atoms with Gasteiger partial charge in [0.25, 0.3) is 0 Å². The van der Waals surface area contributed by atoms with Crippen molar-refractivity contribution in [1.82, 2.24) is 0 Å². The minimum absolute atomic E-state index is 0.196. The third-order valence-electron chi connectivity index (χ3n) is 2.43. The molecule has 0 saturated heterocycles. The summed E-state index contributed by atoms with van der Waals surface area (Å²) in [5.74, 6) is -0.196. The minimum Gasteiger partial charge on any atom is -0.411 e. The van der Waals surface area contributed by atoms with Crippen molar-refractivity contribution in [2.75, 3.05) is 11.2 Å². The first kappa shape index (κ1) is 10.1. The SMILES string of the molecule is O=C1/C(=N\O)CCN(P)c2ccccc21. The normalized spacial score (nSPS) is 18.9. The Kier molecular flexibility index (Phi) is 2.69. The molecule has 1 atom stereocenters. The first-order chi connectivity index (χ1) is 7.24. The van der Waals surface area contributed by atoms with Crippen LogP contribution < -0.4 is 4.67 Å². The summed E-state index contributed by atoms with van der Waals surface area (Å²) in [6.07, 6.45) is 0.452. The monoisotopic (exact) mass is 222 g/mol. The van der Waals surface area contributed by atoms with Gasteiger partial charge >= 0.3 is 0 Å². The molecule has 15 heavy (non-hydrogen) atoms. The molecule has 0 saturated carbocycles. The maximum Gasteiger partial charge on any atom is 0.212 e. The van der Waals surface area contributed by atoms with E-state index in [0.717, 1.165) is 5.69 Å². The van der Waals surface area contributed by atoms with Gasteiger partial charge in [-0.05, 0) is 21.5 Å². The van der Waals surface area contributed by atoms with Crippen molar-refractivity contribution in [2.24, 2.45) is 5.16 Å². The molecular formula is C10H11N2O2P. The molecule has 1 aromatic carbocycles. The first-order valence-electron chi connectivity index (χ1n) is 4.61. The van der Waals surface area contributed by atoms with Crippen LogP contribution in [0.15, 0.2) is 29.4 Å². The molecule has 5 heteroatoms. The Balaban J connectivity index is 2.56. The molecule has 1 aromatic rings. The lowest BCUT2D eigenvalue weighted by atomic mass is 10.1. The highest BCUT2D eigenvalue weighted by Crippen LogP contribution is 2.27. The molecule has 0 aromatic heterocycles. The fraction of sp³-hybridized carbons (Fsp3) is 0.200. The zero-order chi connectivity index (χ0) is 10.8. The average molecular weight is 222 g/mol. The number of Topliss-reactive ketones (excluding diaryl/α,β-unsaturated/α-hetero) is 1. The summed E-state index contributed by atoms with van der Waals surface area (Å²) in [6, 6.07) is 7.30. The van der Waals surface area contributed by atoms with E-state index in [2.05, 4.69) is 14.5 Å². The van der Waals surface area contributed by atoms with Crippen LogP contribution in [0.1, 0.15) is 16.8 Å². The highest BCUT2D eigenvalue weighted by molar-refractivity contribution is 7.19. The molecule has 1 unspecified atom stereocenters. The van der Waals surface area contributed by atoms with Gasteiger partial charge in [-0.1, -0.05) is 17.3 Å². The van der Waals surface area contributed by atoms with Gasteiger partial charge in [0.2, 0.25) is 5.78 Å².